The van der Waals surface area contributed by atoms with Crippen LogP contribution in [0.3, 0.4) is 0 Å². The van der Waals surface area contributed by atoms with Crippen molar-refractivity contribution in [1.29, 1.82) is 0 Å². The molecule has 2 nitrogen and oxygen atoms in total. The van der Waals surface area contributed by atoms with Crippen molar-refractivity contribution in [3.8, 4) is 0 Å². The summed E-state index contributed by atoms with van der Waals surface area (Å²) in [5, 5.41) is 3.61. The highest BCUT2D eigenvalue weighted by Crippen LogP contribution is 2.32. The van der Waals surface area contributed by atoms with Crippen molar-refractivity contribution in [2.24, 2.45) is 0 Å². The van der Waals surface area contributed by atoms with Crippen LogP contribution in [0, 0.1) is 0 Å². The molecule has 98 valence electrons. The van der Waals surface area contributed by atoms with Crippen molar-refractivity contribution in [2.45, 2.75) is 57.7 Å². The van der Waals surface area contributed by atoms with E-state index in [2.05, 4.69) is 48.3 Å². The molecule has 1 fully saturated rings. The van der Waals surface area contributed by atoms with Crippen molar-refractivity contribution >= 4 is 5.69 Å². The molecule has 2 heterocycles. The average Bonchev–Trinajstić information content (AvgIpc) is 2.79. The third kappa shape index (κ3) is 2.03. The highest BCUT2D eigenvalue weighted by molar-refractivity contribution is 5.53. The summed E-state index contributed by atoms with van der Waals surface area (Å²) in [4.78, 5) is 2.78. The third-order valence-electron chi connectivity index (χ3n) is 4.74. The summed E-state index contributed by atoms with van der Waals surface area (Å²) in [6.07, 6.45) is 5.26. The number of nitrogens with one attached hydrogen (secondary N) is 1. The molecule has 0 bridgehead atoms. The number of benzene rings is 1. The number of likely N-dealkylation sites (tertiary alicyclic amines) is 1. The molecule has 0 aromatic heterocycles. The number of fused-ring (bicyclic) bond motifs is 1. The van der Waals surface area contributed by atoms with Crippen LogP contribution in [0.2, 0.25) is 0 Å². The molecule has 18 heavy (non-hydrogen) atoms. The van der Waals surface area contributed by atoms with Crippen LogP contribution in [0.25, 0.3) is 0 Å². The summed E-state index contributed by atoms with van der Waals surface area (Å²) in [5.74, 6) is 0. The summed E-state index contributed by atoms with van der Waals surface area (Å²) >= 11 is 0. The molecule has 1 saturated heterocycles. The van der Waals surface area contributed by atoms with Crippen LogP contribution in [0.1, 0.15) is 38.7 Å². The van der Waals surface area contributed by atoms with E-state index in [1.165, 1.54) is 36.9 Å². The SMILES string of the molecule is CCC1CCC(C)N1C1CNc2ccccc2C1. The Labute approximate surface area is 110 Å². The maximum Gasteiger partial charge on any atom is 0.0373 e. The molecular weight excluding hydrogens is 220 g/mol. The van der Waals surface area contributed by atoms with Crippen molar-refractivity contribution in [3.63, 3.8) is 0 Å². The minimum Gasteiger partial charge on any atom is -0.383 e. The van der Waals surface area contributed by atoms with Gasteiger partial charge in [0.2, 0.25) is 0 Å². The van der Waals surface area contributed by atoms with Crippen molar-refractivity contribution in [1.82, 2.24) is 4.90 Å². The number of anilines is 1. The predicted octanol–water partition coefficient (Wildman–Crippen LogP) is 3.29. The van der Waals surface area contributed by atoms with Gasteiger partial charge in [0.15, 0.2) is 0 Å². The second-order valence-electron chi connectivity index (χ2n) is 5.83. The van der Waals surface area contributed by atoms with Crippen LogP contribution >= 0.6 is 0 Å². The van der Waals surface area contributed by atoms with Gasteiger partial charge in [-0.05, 0) is 44.2 Å². The molecule has 1 aromatic rings. The summed E-state index contributed by atoms with van der Waals surface area (Å²) in [6, 6.07) is 11.0. The summed E-state index contributed by atoms with van der Waals surface area (Å²) in [7, 11) is 0. The van der Waals surface area contributed by atoms with Crippen molar-refractivity contribution in [3.05, 3.63) is 29.8 Å². The van der Waals surface area contributed by atoms with Crippen molar-refractivity contribution < 1.29 is 0 Å². The molecule has 2 aliphatic heterocycles. The Morgan fingerprint density at radius 3 is 2.94 bits per heavy atom. The van der Waals surface area contributed by atoms with E-state index >= 15 is 0 Å². The first-order chi connectivity index (χ1) is 8.79. The Kier molecular flexibility index (Phi) is 3.29. The standard InChI is InChI=1S/C16H24N2/c1-3-14-9-8-12(2)18(14)15-10-13-6-4-5-7-16(13)17-11-15/h4-7,12,14-15,17H,3,8-11H2,1-2H3. The molecule has 2 heteroatoms. The van der Waals surface area contributed by atoms with Gasteiger partial charge in [-0.1, -0.05) is 25.1 Å². The molecule has 2 aliphatic rings. The molecule has 0 amide bonds. The van der Waals surface area contributed by atoms with Gasteiger partial charge in [-0.15, -0.1) is 0 Å². The molecule has 3 unspecified atom stereocenters. The van der Waals surface area contributed by atoms with Gasteiger partial charge < -0.3 is 5.32 Å². The van der Waals surface area contributed by atoms with Crippen LogP contribution in [0.5, 0.6) is 0 Å². The second kappa shape index (κ2) is 4.93. The minimum absolute atomic E-state index is 0.683. The Morgan fingerprint density at radius 2 is 2.11 bits per heavy atom. The Hall–Kier alpha value is -1.02. The molecule has 1 N–H and O–H groups in total. The Balaban J connectivity index is 1.79. The molecule has 0 spiro atoms. The maximum atomic E-state index is 3.61. The lowest BCUT2D eigenvalue weighted by Gasteiger charge is -2.39. The molecule has 0 saturated carbocycles. The number of para-hydroxylation sites is 1. The van der Waals surface area contributed by atoms with E-state index < -0.39 is 0 Å². The fraction of sp³-hybridized carbons (Fsp3) is 0.625. The van der Waals surface area contributed by atoms with E-state index in [0.29, 0.717) is 6.04 Å². The largest absolute Gasteiger partial charge is 0.383 e. The zero-order valence-electron chi connectivity index (χ0n) is 11.5. The van der Waals surface area contributed by atoms with Gasteiger partial charge in [-0.3, -0.25) is 4.90 Å². The van der Waals surface area contributed by atoms with Gasteiger partial charge in [0.1, 0.15) is 0 Å². The highest BCUT2D eigenvalue weighted by Gasteiger charge is 2.35. The second-order valence-corrected chi connectivity index (χ2v) is 5.83. The summed E-state index contributed by atoms with van der Waals surface area (Å²) in [5.41, 5.74) is 2.83. The fourth-order valence-corrected chi connectivity index (χ4v) is 3.80. The highest BCUT2D eigenvalue weighted by atomic mass is 15.2. The van der Waals surface area contributed by atoms with E-state index in [0.717, 1.165) is 18.6 Å². The normalized spacial score (nSPS) is 32.0. The van der Waals surface area contributed by atoms with Gasteiger partial charge in [-0.25, -0.2) is 0 Å². The lowest BCUT2D eigenvalue weighted by atomic mass is 9.97. The third-order valence-corrected chi connectivity index (χ3v) is 4.74. The molecular formula is C16H24N2. The molecule has 0 radical (unpaired) electrons. The predicted molar refractivity (Wildman–Crippen MR) is 77.0 cm³/mol. The Bertz CT molecular complexity index is 415. The van der Waals surface area contributed by atoms with E-state index in [9.17, 15) is 0 Å². The molecule has 0 aliphatic carbocycles. The molecule has 3 rings (SSSR count). The quantitative estimate of drug-likeness (QED) is 0.859. The van der Waals surface area contributed by atoms with Gasteiger partial charge >= 0.3 is 0 Å². The first kappa shape index (κ1) is 12.0. The number of rotatable bonds is 2. The fourth-order valence-electron chi connectivity index (χ4n) is 3.80. The topological polar surface area (TPSA) is 15.3 Å². The van der Waals surface area contributed by atoms with Gasteiger partial charge in [0, 0.05) is 30.4 Å². The van der Waals surface area contributed by atoms with E-state index in [1.807, 2.05) is 0 Å². The first-order valence-corrected chi connectivity index (χ1v) is 7.38. The molecule has 3 atom stereocenters. The summed E-state index contributed by atoms with van der Waals surface area (Å²) < 4.78 is 0. The Morgan fingerprint density at radius 1 is 1.28 bits per heavy atom. The monoisotopic (exact) mass is 244 g/mol. The van der Waals surface area contributed by atoms with Gasteiger partial charge in [0.25, 0.3) is 0 Å². The zero-order valence-corrected chi connectivity index (χ0v) is 11.5. The number of hydrogen-bond donors (Lipinski definition) is 1. The van der Waals surface area contributed by atoms with Crippen LogP contribution < -0.4 is 5.32 Å². The number of hydrogen-bond acceptors (Lipinski definition) is 2. The average molecular weight is 244 g/mol. The van der Waals surface area contributed by atoms with E-state index in [4.69, 9.17) is 0 Å². The van der Waals surface area contributed by atoms with E-state index in [1.54, 1.807) is 0 Å². The van der Waals surface area contributed by atoms with Crippen LogP contribution in [-0.4, -0.2) is 29.6 Å². The van der Waals surface area contributed by atoms with E-state index in [-0.39, 0.29) is 0 Å². The van der Waals surface area contributed by atoms with Crippen LogP contribution in [-0.2, 0) is 6.42 Å². The van der Waals surface area contributed by atoms with Crippen LogP contribution in [0.4, 0.5) is 5.69 Å². The van der Waals surface area contributed by atoms with Crippen molar-refractivity contribution in [2.75, 3.05) is 11.9 Å². The lowest BCUT2D eigenvalue weighted by molar-refractivity contribution is 0.136. The maximum absolute atomic E-state index is 3.61. The van der Waals surface area contributed by atoms with Gasteiger partial charge in [-0.2, -0.15) is 0 Å². The zero-order chi connectivity index (χ0) is 12.5. The van der Waals surface area contributed by atoms with Gasteiger partial charge in [0.05, 0.1) is 0 Å². The first-order valence-electron chi connectivity index (χ1n) is 7.38. The smallest absolute Gasteiger partial charge is 0.0373 e. The molecule has 1 aromatic carbocycles. The lowest BCUT2D eigenvalue weighted by Crippen LogP contribution is -2.49. The summed E-state index contributed by atoms with van der Waals surface area (Å²) in [6.45, 7) is 5.84. The van der Waals surface area contributed by atoms with Crippen LogP contribution in [0.15, 0.2) is 24.3 Å². The number of nitrogens with zero attached hydrogens (tertiary/aromatic N) is 1. The minimum atomic E-state index is 0.683.